The van der Waals surface area contributed by atoms with Crippen LogP contribution in [-0.4, -0.2) is 28.9 Å². The maximum atomic E-state index is 13.5. The van der Waals surface area contributed by atoms with Crippen LogP contribution in [0.25, 0.3) is 0 Å². The van der Waals surface area contributed by atoms with Gasteiger partial charge in [-0.25, -0.2) is 0 Å². The van der Waals surface area contributed by atoms with Crippen LogP contribution in [0.5, 0.6) is 0 Å². The molecule has 2 atom stereocenters. The number of halogens is 1. The van der Waals surface area contributed by atoms with Gasteiger partial charge in [0.05, 0.1) is 27.4 Å². The highest BCUT2D eigenvalue weighted by molar-refractivity contribution is 7.16. The van der Waals surface area contributed by atoms with Crippen LogP contribution in [-0.2, 0) is 9.59 Å². The van der Waals surface area contributed by atoms with Crippen molar-refractivity contribution in [3.05, 3.63) is 40.0 Å². The molecule has 0 aromatic carbocycles. The summed E-state index contributed by atoms with van der Waals surface area (Å²) in [4.78, 5) is 33.1. The van der Waals surface area contributed by atoms with Crippen molar-refractivity contribution in [1.82, 2.24) is 10.3 Å². The molecule has 2 bridgehead atoms. The summed E-state index contributed by atoms with van der Waals surface area (Å²) in [5.41, 5.74) is 1.80. The summed E-state index contributed by atoms with van der Waals surface area (Å²) in [6.07, 6.45) is 12.1. The summed E-state index contributed by atoms with van der Waals surface area (Å²) < 4.78 is 0. The summed E-state index contributed by atoms with van der Waals surface area (Å²) in [5, 5.41) is 8.32. The zero-order chi connectivity index (χ0) is 24.6. The van der Waals surface area contributed by atoms with Crippen molar-refractivity contribution >= 4 is 45.9 Å². The SMILES string of the molecule is CC[C@@H](Nc1cc(Cl)cnc1C)c1ccc(N(C=O)[C@@H](CC2CCCC2)C(=O)NC23CC(C2)C3)s1. The van der Waals surface area contributed by atoms with Crippen LogP contribution in [0.1, 0.15) is 81.3 Å². The Kier molecular flexibility index (Phi) is 7.09. The Bertz CT molecular complexity index is 1070. The fourth-order valence-electron chi connectivity index (χ4n) is 6.05. The first kappa shape index (κ1) is 24.6. The number of anilines is 2. The van der Waals surface area contributed by atoms with E-state index in [1.54, 1.807) is 22.4 Å². The van der Waals surface area contributed by atoms with Gasteiger partial charge in [-0.3, -0.25) is 19.5 Å². The van der Waals surface area contributed by atoms with Crippen molar-refractivity contribution < 1.29 is 9.59 Å². The van der Waals surface area contributed by atoms with Crippen molar-refractivity contribution in [2.75, 3.05) is 10.2 Å². The van der Waals surface area contributed by atoms with E-state index in [2.05, 4.69) is 28.6 Å². The lowest BCUT2D eigenvalue weighted by atomic mass is 9.50. The number of carbonyl (C=O) groups excluding carboxylic acids is 2. The van der Waals surface area contributed by atoms with Crippen molar-refractivity contribution in [3.63, 3.8) is 0 Å². The second-order valence-corrected chi connectivity index (χ2v) is 12.3. The van der Waals surface area contributed by atoms with Crippen molar-refractivity contribution in [2.45, 2.75) is 89.3 Å². The first-order valence-corrected chi connectivity index (χ1v) is 14.1. The van der Waals surface area contributed by atoms with E-state index in [-0.39, 0.29) is 17.5 Å². The number of nitrogens with one attached hydrogen (secondary N) is 2. The van der Waals surface area contributed by atoms with E-state index in [0.29, 0.717) is 10.9 Å². The van der Waals surface area contributed by atoms with Gasteiger partial charge in [0.1, 0.15) is 6.04 Å². The standard InChI is InChI=1S/C27H35ClN4O2S/c1-3-21(30-22-11-20(28)15-29-17(22)2)24-8-9-25(35-24)32(16-33)23(10-18-6-4-5-7-18)26(34)31-27-12-19(13-27)14-27/h8-9,11,15-16,18-19,21,23,30H,3-7,10,12-14H2,1-2H3,(H,31,34)/t19?,21-,23+,27?/m1/s1. The zero-order valence-corrected chi connectivity index (χ0v) is 22.1. The van der Waals surface area contributed by atoms with Crippen LogP contribution in [0.4, 0.5) is 10.7 Å². The van der Waals surface area contributed by atoms with Crippen LogP contribution in [0.2, 0.25) is 5.02 Å². The first-order chi connectivity index (χ1) is 16.9. The van der Waals surface area contributed by atoms with Gasteiger partial charge in [0.15, 0.2) is 0 Å². The third-order valence-corrected chi connectivity index (χ3v) is 9.63. The maximum absolute atomic E-state index is 13.5. The van der Waals surface area contributed by atoms with E-state index in [0.717, 1.165) is 78.5 Å². The molecule has 4 fully saturated rings. The van der Waals surface area contributed by atoms with Crippen molar-refractivity contribution in [3.8, 4) is 0 Å². The molecule has 0 radical (unpaired) electrons. The van der Waals surface area contributed by atoms with E-state index in [1.807, 2.05) is 19.1 Å². The van der Waals surface area contributed by atoms with Crippen LogP contribution in [0.3, 0.4) is 0 Å². The summed E-state index contributed by atoms with van der Waals surface area (Å²) in [5.74, 6) is 1.31. The number of hydrogen-bond donors (Lipinski definition) is 2. The van der Waals surface area contributed by atoms with Gasteiger partial charge in [0.25, 0.3) is 0 Å². The first-order valence-electron chi connectivity index (χ1n) is 12.9. The smallest absolute Gasteiger partial charge is 0.243 e. The van der Waals surface area contributed by atoms with E-state index in [4.69, 9.17) is 11.6 Å². The number of carbonyl (C=O) groups is 2. The number of amides is 2. The van der Waals surface area contributed by atoms with E-state index in [1.165, 1.54) is 12.8 Å². The lowest BCUT2D eigenvalue weighted by Gasteiger charge is -2.62. The summed E-state index contributed by atoms with van der Waals surface area (Å²) in [6, 6.07) is 5.55. The summed E-state index contributed by atoms with van der Waals surface area (Å²) in [6.45, 7) is 4.08. The second-order valence-electron chi connectivity index (χ2n) is 10.7. The third kappa shape index (κ3) is 5.08. The Morgan fingerprint density at radius 3 is 2.69 bits per heavy atom. The lowest BCUT2D eigenvalue weighted by molar-refractivity contribution is -0.135. The fourth-order valence-corrected chi connectivity index (χ4v) is 7.36. The highest BCUT2D eigenvalue weighted by Gasteiger charge is 2.57. The molecule has 6 nitrogen and oxygen atoms in total. The number of hydrogen-bond acceptors (Lipinski definition) is 5. The van der Waals surface area contributed by atoms with Crippen molar-refractivity contribution in [2.24, 2.45) is 11.8 Å². The molecule has 6 rings (SSSR count). The topological polar surface area (TPSA) is 74.3 Å². The van der Waals surface area contributed by atoms with Crippen LogP contribution in [0.15, 0.2) is 24.4 Å². The number of aromatic nitrogens is 1. The van der Waals surface area contributed by atoms with Gasteiger partial charge in [-0.1, -0.05) is 44.2 Å². The summed E-state index contributed by atoms with van der Waals surface area (Å²) >= 11 is 7.75. The molecule has 0 aliphatic heterocycles. The largest absolute Gasteiger partial charge is 0.376 e. The monoisotopic (exact) mass is 514 g/mol. The Labute approximate surface area is 216 Å². The highest BCUT2D eigenvalue weighted by Crippen LogP contribution is 2.57. The summed E-state index contributed by atoms with van der Waals surface area (Å²) in [7, 11) is 0. The predicted molar refractivity (Wildman–Crippen MR) is 142 cm³/mol. The van der Waals surface area contributed by atoms with Gasteiger partial charge < -0.3 is 10.6 Å². The molecule has 35 heavy (non-hydrogen) atoms. The fraction of sp³-hybridized carbons (Fsp3) is 0.593. The second kappa shape index (κ2) is 10.1. The minimum absolute atomic E-state index is 0.00488. The molecule has 2 aromatic heterocycles. The van der Waals surface area contributed by atoms with Gasteiger partial charge in [0.2, 0.25) is 12.3 Å². The number of nitrogens with zero attached hydrogens (tertiary/aromatic N) is 2. The number of aryl methyl sites for hydroxylation is 1. The number of pyridine rings is 1. The molecular weight excluding hydrogens is 480 g/mol. The minimum atomic E-state index is -0.455. The Hall–Kier alpha value is -2.12. The molecule has 2 N–H and O–H groups in total. The normalized spacial score (nSPS) is 24.7. The molecule has 0 saturated heterocycles. The van der Waals surface area contributed by atoms with Gasteiger partial charge in [0, 0.05) is 16.6 Å². The molecule has 2 heterocycles. The molecule has 0 spiro atoms. The van der Waals surface area contributed by atoms with E-state index >= 15 is 0 Å². The van der Waals surface area contributed by atoms with Crippen LogP contribution < -0.4 is 15.5 Å². The average Bonchev–Trinajstić information content (AvgIpc) is 3.48. The molecule has 2 aromatic rings. The van der Waals surface area contributed by atoms with Gasteiger partial charge >= 0.3 is 0 Å². The zero-order valence-electron chi connectivity index (χ0n) is 20.6. The Balaban J connectivity index is 1.35. The van der Waals surface area contributed by atoms with Crippen LogP contribution in [0, 0.1) is 18.8 Å². The van der Waals surface area contributed by atoms with Gasteiger partial charge in [-0.15, -0.1) is 11.3 Å². The molecule has 188 valence electrons. The number of thiophene rings is 1. The lowest BCUT2D eigenvalue weighted by Crippen LogP contribution is -2.70. The average molecular weight is 515 g/mol. The molecule has 4 aliphatic rings. The van der Waals surface area contributed by atoms with E-state index in [9.17, 15) is 9.59 Å². The molecule has 2 amide bonds. The highest BCUT2D eigenvalue weighted by atomic mass is 35.5. The van der Waals surface area contributed by atoms with Gasteiger partial charge in [-0.2, -0.15) is 0 Å². The van der Waals surface area contributed by atoms with Crippen LogP contribution >= 0.6 is 22.9 Å². The molecule has 4 aliphatic carbocycles. The van der Waals surface area contributed by atoms with Gasteiger partial charge in [-0.05, 0) is 69.1 Å². The molecule has 4 saturated carbocycles. The minimum Gasteiger partial charge on any atom is -0.376 e. The molecule has 8 heteroatoms. The quantitative estimate of drug-likeness (QED) is 0.347. The Morgan fingerprint density at radius 1 is 1.31 bits per heavy atom. The molecular formula is C27H35ClN4O2S. The number of rotatable bonds is 11. The van der Waals surface area contributed by atoms with Crippen molar-refractivity contribution in [1.29, 1.82) is 0 Å². The maximum Gasteiger partial charge on any atom is 0.243 e. The predicted octanol–water partition coefficient (Wildman–Crippen LogP) is 6.25. The van der Waals surface area contributed by atoms with E-state index < -0.39 is 6.04 Å². The molecule has 0 unspecified atom stereocenters. The third-order valence-electron chi connectivity index (χ3n) is 8.21. The Morgan fingerprint density at radius 2 is 2.06 bits per heavy atom.